The van der Waals surface area contributed by atoms with E-state index in [9.17, 15) is 0 Å². The first-order valence-corrected chi connectivity index (χ1v) is 7.65. The fraction of sp³-hybridized carbons (Fsp3) is 1.00. The summed E-state index contributed by atoms with van der Waals surface area (Å²) in [4.78, 5) is 0. The summed E-state index contributed by atoms with van der Waals surface area (Å²) in [5.41, 5.74) is 7.01. The van der Waals surface area contributed by atoms with Crippen LogP contribution in [-0.4, -0.2) is 5.54 Å². The van der Waals surface area contributed by atoms with Crippen LogP contribution in [0, 0.1) is 29.1 Å². The third kappa shape index (κ3) is 2.16. The van der Waals surface area contributed by atoms with E-state index in [0.717, 1.165) is 17.8 Å². The molecule has 0 spiro atoms. The lowest BCUT2D eigenvalue weighted by atomic mass is 9.47. The quantitative estimate of drug-likeness (QED) is 0.787. The summed E-state index contributed by atoms with van der Waals surface area (Å²) < 4.78 is 0. The van der Waals surface area contributed by atoms with E-state index in [-0.39, 0.29) is 5.54 Å². The second kappa shape index (κ2) is 3.73. The van der Waals surface area contributed by atoms with Crippen molar-refractivity contribution in [2.24, 2.45) is 34.8 Å². The highest BCUT2D eigenvalue weighted by atomic mass is 14.7. The predicted molar refractivity (Wildman–Crippen MR) is 72.7 cm³/mol. The Hall–Kier alpha value is -0.0400. The smallest absolute Gasteiger partial charge is 0.0123 e. The molecule has 0 saturated heterocycles. The van der Waals surface area contributed by atoms with Crippen LogP contribution in [0.5, 0.6) is 0 Å². The second-order valence-electron chi connectivity index (χ2n) is 8.34. The van der Waals surface area contributed by atoms with Crippen molar-refractivity contribution in [1.29, 1.82) is 0 Å². The number of hydrogen-bond donors (Lipinski definition) is 1. The van der Waals surface area contributed by atoms with Gasteiger partial charge in [-0.25, -0.2) is 0 Å². The Morgan fingerprint density at radius 2 is 1.47 bits per heavy atom. The lowest BCUT2D eigenvalue weighted by Gasteiger charge is -2.58. The van der Waals surface area contributed by atoms with Crippen LogP contribution in [-0.2, 0) is 0 Å². The minimum atomic E-state index is 0.00330. The zero-order valence-electron chi connectivity index (χ0n) is 11.8. The SMILES string of the molecule is CC(CC12CC3CC(CC(C3)C1)C2)C(C)(C)N. The van der Waals surface area contributed by atoms with Crippen molar-refractivity contribution >= 4 is 0 Å². The molecule has 1 nitrogen and oxygen atoms in total. The van der Waals surface area contributed by atoms with Gasteiger partial charge in [-0.15, -0.1) is 0 Å². The molecular weight excluding hydrogens is 206 g/mol. The van der Waals surface area contributed by atoms with Crippen LogP contribution in [0.25, 0.3) is 0 Å². The normalized spacial score (nSPS) is 46.2. The van der Waals surface area contributed by atoms with Gasteiger partial charge in [0.05, 0.1) is 0 Å². The lowest BCUT2D eigenvalue weighted by Crippen LogP contribution is -2.49. The molecule has 98 valence electrons. The molecule has 0 heterocycles. The van der Waals surface area contributed by atoms with E-state index >= 15 is 0 Å². The number of hydrogen-bond acceptors (Lipinski definition) is 1. The van der Waals surface area contributed by atoms with Crippen LogP contribution in [0.1, 0.15) is 65.7 Å². The van der Waals surface area contributed by atoms with Gasteiger partial charge < -0.3 is 5.73 Å². The van der Waals surface area contributed by atoms with Gasteiger partial charge in [0.2, 0.25) is 0 Å². The van der Waals surface area contributed by atoms with Gasteiger partial charge in [-0.1, -0.05) is 6.92 Å². The van der Waals surface area contributed by atoms with E-state index in [1.807, 2.05) is 0 Å². The topological polar surface area (TPSA) is 26.0 Å². The van der Waals surface area contributed by atoms with Crippen molar-refractivity contribution < 1.29 is 0 Å². The van der Waals surface area contributed by atoms with Crippen molar-refractivity contribution in [3.05, 3.63) is 0 Å². The van der Waals surface area contributed by atoms with Gasteiger partial charge in [0.1, 0.15) is 0 Å². The van der Waals surface area contributed by atoms with Gasteiger partial charge in [-0.05, 0) is 87.9 Å². The Labute approximate surface area is 107 Å². The van der Waals surface area contributed by atoms with Crippen molar-refractivity contribution in [2.45, 2.75) is 71.3 Å². The Balaban J connectivity index is 1.74. The molecule has 1 unspecified atom stereocenters. The third-order valence-corrected chi connectivity index (χ3v) is 6.17. The van der Waals surface area contributed by atoms with Crippen LogP contribution in [0.15, 0.2) is 0 Å². The Bertz CT molecular complexity index is 264. The molecule has 0 radical (unpaired) electrons. The first-order chi connectivity index (χ1) is 7.86. The van der Waals surface area contributed by atoms with E-state index in [2.05, 4.69) is 20.8 Å². The highest BCUT2D eigenvalue weighted by molar-refractivity contribution is 5.02. The summed E-state index contributed by atoms with van der Waals surface area (Å²) >= 11 is 0. The molecule has 4 bridgehead atoms. The van der Waals surface area contributed by atoms with Gasteiger partial charge in [0.25, 0.3) is 0 Å². The fourth-order valence-corrected chi connectivity index (χ4v) is 5.45. The molecule has 4 aliphatic carbocycles. The number of nitrogens with two attached hydrogens (primary N) is 1. The van der Waals surface area contributed by atoms with Crippen LogP contribution in [0.4, 0.5) is 0 Å². The fourth-order valence-electron chi connectivity index (χ4n) is 5.45. The molecule has 0 aromatic carbocycles. The van der Waals surface area contributed by atoms with Gasteiger partial charge in [0.15, 0.2) is 0 Å². The molecular formula is C16H29N. The van der Waals surface area contributed by atoms with E-state index < -0.39 is 0 Å². The van der Waals surface area contributed by atoms with Crippen molar-refractivity contribution in [2.75, 3.05) is 0 Å². The maximum atomic E-state index is 6.31. The Kier molecular flexibility index (Phi) is 2.63. The first-order valence-electron chi connectivity index (χ1n) is 7.65. The third-order valence-electron chi connectivity index (χ3n) is 6.17. The monoisotopic (exact) mass is 235 g/mol. The maximum Gasteiger partial charge on any atom is 0.0123 e. The van der Waals surface area contributed by atoms with Crippen molar-refractivity contribution in [3.63, 3.8) is 0 Å². The summed E-state index contributed by atoms with van der Waals surface area (Å²) in [7, 11) is 0. The van der Waals surface area contributed by atoms with Gasteiger partial charge >= 0.3 is 0 Å². The Morgan fingerprint density at radius 3 is 1.82 bits per heavy atom. The number of rotatable bonds is 3. The average molecular weight is 235 g/mol. The minimum absolute atomic E-state index is 0.00330. The lowest BCUT2D eigenvalue weighted by molar-refractivity contribution is -0.0681. The predicted octanol–water partition coefficient (Wildman–Crippen LogP) is 3.97. The van der Waals surface area contributed by atoms with Crippen LogP contribution < -0.4 is 5.73 Å². The molecule has 1 heteroatoms. The molecule has 0 aromatic heterocycles. The largest absolute Gasteiger partial charge is 0.325 e. The summed E-state index contributed by atoms with van der Waals surface area (Å²) in [5.74, 6) is 3.90. The summed E-state index contributed by atoms with van der Waals surface area (Å²) in [6.07, 6.45) is 10.6. The zero-order valence-corrected chi connectivity index (χ0v) is 11.8. The summed E-state index contributed by atoms with van der Waals surface area (Å²) in [5, 5.41) is 0. The van der Waals surface area contributed by atoms with E-state index in [4.69, 9.17) is 5.73 Å². The zero-order chi connectivity index (χ0) is 12.3. The molecule has 4 saturated carbocycles. The summed E-state index contributed by atoms with van der Waals surface area (Å²) in [6, 6.07) is 0. The van der Waals surface area contributed by atoms with E-state index in [1.165, 1.54) is 25.7 Å². The average Bonchev–Trinajstić information content (AvgIpc) is 2.12. The van der Waals surface area contributed by atoms with Gasteiger partial charge in [-0.3, -0.25) is 0 Å². The molecule has 0 amide bonds. The van der Waals surface area contributed by atoms with Crippen LogP contribution >= 0.6 is 0 Å². The van der Waals surface area contributed by atoms with Crippen LogP contribution in [0.3, 0.4) is 0 Å². The highest BCUT2D eigenvalue weighted by Crippen LogP contribution is 2.62. The first kappa shape index (κ1) is 12.0. The molecule has 0 aliphatic heterocycles. The van der Waals surface area contributed by atoms with E-state index in [0.29, 0.717) is 11.3 Å². The molecule has 4 fully saturated rings. The van der Waals surface area contributed by atoms with Crippen LogP contribution in [0.2, 0.25) is 0 Å². The molecule has 2 N–H and O–H groups in total. The molecule has 0 aromatic rings. The molecule has 1 atom stereocenters. The minimum Gasteiger partial charge on any atom is -0.325 e. The second-order valence-corrected chi connectivity index (χ2v) is 8.34. The van der Waals surface area contributed by atoms with Crippen molar-refractivity contribution in [3.8, 4) is 0 Å². The highest BCUT2D eigenvalue weighted by Gasteiger charge is 2.51. The van der Waals surface area contributed by atoms with Crippen molar-refractivity contribution in [1.82, 2.24) is 0 Å². The van der Waals surface area contributed by atoms with Gasteiger partial charge in [-0.2, -0.15) is 0 Å². The van der Waals surface area contributed by atoms with Gasteiger partial charge in [0, 0.05) is 5.54 Å². The molecule has 4 rings (SSSR count). The Morgan fingerprint density at radius 1 is 1.06 bits per heavy atom. The standard InChI is InChI=1S/C16H29N/c1-11(15(2,3)17)7-16-8-12-4-13(9-16)6-14(5-12)10-16/h11-14H,4-10,17H2,1-3H3. The molecule has 17 heavy (non-hydrogen) atoms. The van der Waals surface area contributed by atoms with E-state index in [1.54, 1.807) is 19.3 Å². The summed E-state index contributed by atoms with van der Waals surface area (Å²) in [6.45, 7) is 6.79. The maximum absolute atomic E-state index is 6.31. The molecule has 4 aliphatic rings.